The lowest BCUT2D eigenvalue weighted by Crippen LogP contribution is -2.13. The fourth-order valence-electron chi connectivity index (χ4n) is 2.28. The number of methoxy groups -OCH3 is 1. The van der Waals surface area contributed by atoms with Crippen molar-refractivity contribution >= 4 is 11.5 Å². The number of hydrogen-bond donors (Lipinski definition) is 1. The molecule has 1 atom stereocenters. The molecular formula is C15H18O3. The van der Waals surface area contributed by atoms with E-state index in [1.54, 1.807) is 13.2 Å². The second-order valence-electron chi connectivity index (χ2n) is 4.68. The molecule has 0 saturated heterocycles. The van der Waals surface area contributed by atoms with Crippen molar-refractivity contribution in [1.82, 2.24) is 0 Å². The van der Waals surface area contributed by atoms with Crippen LogP contribution in [0.15, 0.2) is 30.3 Å². The summed E-state index contributed by atoms with van der Waals surface area (Å²) < 4.78 is 5.07. The molecule has 0 aromatic heterocycles. The Morgan fingerprint density at radius 1 is 1.39 bits per heavy atom. The number of carbonyl (C=O) groups excluding carboxylic acids is 1. The van der Waals surface area contributed by atoms with Gasteiger partial charge in [0.15, 0.2) is 0 Å². The summed E-state index contributed by atoms with van der Waals surface area (Å²) in [6.45, 7) is 0. The van der Waals surface area contributed by atoms with Crippen molar-refractivity contribution in [2.75, 3.05) is 7.11 Å². The molecule has 1 fully saturated rings. The number of Topliss-reactive ketones (excluding diaryl/α,β-unsaturated/α-hetero) is 1. The van der Waals surface area contributed by atoms with Gasteiger partial charge in [-0.2, -0.15) is 0 Å². The molecule has 1 aromatic rings. The molecule has 0 radical (unpaired) electrons. The van der Waals surface area contributed by atoms with Crippen molar-refractivity contribution in [2.24, 2.45) is 5.92 Å². The molecule has 3 nitrogen and oxygen atoms in total. The number of carbonyl (C=O) groups is 1. The first-order valence-corrected chi connectivity index (χ1v) is 6.26. The van der Waals surface area contributed by atoms with Gasteiger partial charge in [-0.05, 0) is 49.1 Å². The van der Waals surface area contributed by atoms with Crippen molar-refractivity contribution in [1.29, 1.82) is 0 Å². The Labute approximate surface area is 107 Å². The molecule has 1 unspecified atom stereocenters. The van der Waals surface area contributed by atoms with Crippen LogP contribution in [0.1, 0.15) is 31.2 Å². The van der Waals surface area contributed by atoms with Gasteiger partial charge in [0, 0.05) is 18.4 Å². The van der Waals surface area contributed by atoms with Gasteiger partial charge in [0.1, 0.15) is 17.3 Å². The summed E-state index contributed by atoms with van der Waals surface area (Å²) in [5.74, 6) is 1.48. The summed E-state index contributed by atoms with van der Waals surface area (Å²) in [5, 5.41) is 10.0. The highest BCUT2D eigenvalue weighted by atomic mass is 16.5. The van der Waals surface area contributed by atoms with Gasteiger partial charge in [-0.1, -0.05) is 0 Å². The molecule has 1 aliphatic carbocycles. The van der Waals surface area contributed by atoms with Gasteiger partial charge in [-0.3, -0.25) is 4.79 Å². The lowest BCUT2D eigenvalue weighted by Gasteiger charge is -2.17. The predicted octanol–water partition coefficient (Wildman–Crippen LogP) is 3.35. The van der Waals surface area contributed by atoms with Crippen LogP contribution in [0.5, 0.6) is 5.75 Å². The normalized spacial score (nSPS) is 20.8. The maximum atomic E-state index is 11.3. The Hall–Kier alpha value is -1.77. The summed E-state index contributed by atoms with van der Waals surface area (Å²) in [5.41, 5.74) is 0.758. The van der Waals surface area contributed by atoms with Crippen LogP contribution in [0.4, 0.5) is 0 Å². The van der Waals surface area contributed by atoms with Crippen molar-refractivity contribution in [3.8, 4) is 5.75 Å². The van der Waals surface area contributed by atoms with Gasteiger partial charge < -0.3 is 9.84 Å². The molecule has 0 bridgehead atoms. The van der Waals surface area contributed by atoms with E-state index in [9.17, 15) is 9.90 Å². The summed E-state index contributed by atoms with van der Waals surface area (Å²) in [6.07, 6.45) is 4.95. The summed E-state index contributed by atoms with van der Waals surface area (Å²) in [7, 11) is 1.61. The molecule has 1 N–H and O–H groups in total. The molecule has 96 valence electrons. The third-order valence-electron chi connectivity index (χ3n) is 3.30. The Kier molecular flexibility index (Phi) is 4.03. The van der Waals surface area contributed by atoms with Gasteiger partial charge in [0.25, 0.3) is 0 Å². The van der Waals surface area contributed by atoms with Crippen LogP contribution in [-0.2, 0) is 4.79 Å². The van der Waals surface area contributed by atoms with Crippen LogP contribution in [0, 0.1) is 5.92 Å². The molecule has 2 rings (SSSR count). The molecule has 3 heteroatoms. The number of ether oxygens (including phenoxy) is 1. The first-order valence-electron chi connectivity index (χ1n) is 6.26. The van der Waals surface area contributed by atoms with Gasteiger partial charge in [0.2, 0.25) is 0 Å². The minimum atomic E-state index is 0.174. The molecule has 0 aliphatic heterocycles. The lowest BCUT2D eigenvalue weighted by atomic mass is 9.87. The fraction of sp³-hybridized carbons (Fsp3) is 0.400. The van der Waals surface area contributed by atoms with Gasteiger partial charge >= 0.3 is 0 Å². The number of aliphatic hydroxyl groups excluding tert-OH is 1. The van der Waals surface area contributed by atoms with Crippen molar-refractivity contribution in [3.05, 3.63) is 35.9 Å². The minimum Gasteiger partial charge on any atom is -0.508 e. The summed E-state index contributed by atoms with van der Waals surface area (Å²) in [6, 6.07) is 7.25. The van der Waals surface area contributed by atoms with Crippen LogP contribution < -0.4 is 4.74 Å². The average molecular weight is 246 g/mol. The number of aliphatic hydroxyl groups is 1. The second-order valence-corrected chi connectivity index (χ2v) is 4.68. The Balaban J connectivity index is 2.08. The first-order chi connectivity index (χ1) is 8.69. The highest BCUT2D eigenvalue weighted by molar-refractivity contribution is 5.79. The molecule has 1 saturated carbocycles. The maximum Gasteiger partial charge on any atom is 0.133 e. The lowest BCUT2D eigenvalue weighted by molar-refractivity contribution is -0.121. The largest absolute Gasteiger partial charge is 0.508 e. The number of benzene rings is 1. The van der Waals surface area contributed by atoms with Crippen molar-refractivity contribution < 1.29 is 14.6 Å². The molecule has 1 aromatic carbocycles. The Morgan fingerprint density at radius 2 is 2.11 bits per heavy atom. The van der Waals surface area contributed by atoms with E-state index in [4.69, 9.17) is 4.74 Å². The van der Waals surface area contributed by atoms with Crippen LogP contribution in [0.3, 0.4) is 0 Å². The van der Waals surface area contributed by atoms with Crippen LogP contribution in [0.25, 0.3) is 5.76 Å². The van der Waals surface area contributed by atoms with E-state index in [1.807, 2.05) is 24.3 Å². The van der Waals surface area contributed by atoms with Crippen molar-refractivity contribution in [3.63, 3.8) is 0 Å². The molecule has 18 heavy (non-hydrogen) atoms. The first kappa shape index (κ1) is 12.7. The van der Waals surface area contributed by atoms with Gasteiger partial charge in [-0.25, -0.2) is 0 Å². The topological polar surface area (TPSA) is 46.5 Å². The van der Waals surface area contributed by atoms with E-state index in [-0.39, 0.29) is 11.7 Å². The average Bonchev–Trinajstić information content (AvgIpc) is 2.39. The fourth-order valence-corrected chi connectivity index (χ4v) is 2.28. The molecule has 1 aliphatic rings. The van der Waals surface area contributed by atoms with Gasteiger partial charge in [0.05, 0.1) is 7.11 Å². The number of allylic oxidation sites excluding steroid dienone is 1. The van der Waals surface area contributed by atoms with E-state index in [1.165, 1.54) is 0 Å². The zero-order valence-electron chi connectivity index (χ0n) is 10.6. The summed E-state index contributed by atoms with van der Waals surface area (Å²) in [4.78, 5) is 11.3. The second kappa shape index (κ2) is 5.71. The zero-order valence-corrected chi connectivity index (χ0v) is 10.6. The molecule has 0 spiro atoms. The highest BCUT2D eigenvalue weighted by Gasteiger charge is 2.18. The number of rotatable bonds is 3. The predicted molar refractivity (Wildman–Crippen MR) is 70.6 cm³/mol. The van der Waals surface area contributed by atoms with E-state index in [0.29, 0.717) is 18.6 Å². The van der Waals surface area contributed by atoms with Crippen LogP contribution >= 0.6 is 0 Å². The van der Waals surface area contributed by atoms with E-state index >= 15 is 0 Å². The van der Waals surface area contributed by atoms with E-state index < -0.39 is 0 Å². The monoisotopic (exact) mass is 246 g/mol. The van der Waals surface area contributed by atoms with Crippen molar-refractivity contribution in [2.45, 2.75) is 25.7 Å². The minimum absolute atomic E-state index is 0.174. The van der Waals surface area contributed by atoms with E-state index in [2.05, 4.69) is 0 Å². The van der Waals surface area contributed by atoms with E-state index in [0.717, 1.165) is 24.2 Å². The Bertz CT molecular complexity index is 445. The zero-order chi connectivity index (χ0) is 13.0. The van der Waals surface area contributed by atoms with Crippen LogP contribution in [0.2, 0.25) is 0 Å². The Morgan fingerprint density at radius 3 is 2.72 bits per heavy atom. The van der Waals surface area contributed by atoms with Crippen LogP contribution in [-0.4, -0.2) is 18.0 Å². The molecule has 0 amide bonds. The maximum absolute atomic E-state index is 11.3. The summed E-state index contributed by atoms with van der Waals surface area (Å²) >= 11 is 0. The SMILES string of the molecule is COc1ccc(C(O)=CC2CCCC(=O)C2)cc1. The molecular weight excluding hydrogens is 228 g/mol. The number of ketones is 1. The highest BCUT2D eigenvalue weighted by Crippen LogP contribution is 2.26. The third-order valence-corrected chi connectivity index (χ3v) is 3.30. The smallest absolute Gasteiger partial charge is 0.133 e. The quantitative estimate of drug-likeness (QED) is 0.832. The standard InChI is InChI=1S/C15H18O3/c1-18-14-7-5-12(6-8-14)15(17)10-11-3-2-4-13(16)9-11/h5-8,10-11,17H,2-4,9H2,1H3. The van der Waals surface area contributed by atoms with Gasteiger partial charge in [-0.15, -0.1) is 0 Å². The third kappa shape index (κ3) is 3.13. The molecule has 0 heterocycles. The number of hydrogen-bond acceptors (Lipinski definition) is 3.